The average Bonchev–Trinajstić information content (AvgIpc) is 2.09. The molecule has 0 aliphatic carbocycles. The number of nitrogens with one attached hydrogen (secondary N) is 2. The van der Waals surface area contributed by atoms with Gasteiger partial charge in [-0.25, -0.2) is 0 Å². The predicted octanol–water partition coefficient (Wildman–Crippen LogP) is 1.44. The summed E-state index contributed by atoms with van der Waals surface area (Å²) in [5.41, 5.74) is 1.30. The molecule has 0 spiro atoms. The van der Waals surface area contributed by atoms with Gasteiger partial charge in [0.25, 0.3) is 0 Å². The number of hydrogen-bond acceptors (Lipinski definition) is 2. The van der Waals surface area contributed by atoms with E-state index in [0.717, 1.165) is 31.1 Å². The molecular weight excluding hydrogens is 196 g/mol. The highest BCUT2D eigenvalue weighted by Crippen LogP contribution is 2.10. The van der Waals surface area contributed by atoms with E-state index in [4.69, 9.17) is 11.6 Å². The zero-order valence-electron chi connectivity index (χ0n) is 8.09. The molecule has 0 bridgehead atoms. The van der Waals surface area contributed by atoms with Crippen molar-refractivity contribution in [2.45, 2.75) is 12.5 Å². The Morgan fingerprint density at radius 1 is 1.43 bits per heavy atom. The SMILES string of the molecule is Clc1cccc(CCNC2CNC2)c1. The van der Waals surface area contributed by atoms with Crippen LogP contribution in [0.4, 0.5) is 0 Å². The molecule has 14 heavy (non-hydrogen) atoms. The molecule has 0 saturated carbocycles. The van der Waals surface area contributed by atoms with Crippen molar-refractivity contribution in [3.05, 3.63) is 34.9 Å². The van der Waals surface area contributed by atoms with Crippen molar-refractivity contribution in [1.29, 1.82) is 0 Å². The molecule has 1 fully saturated rings. The summed E-state index contributed by atoms with van der Waals surface area (Å²) in [6, 6.07) is 8.74. The van der Waals surface area contributed by atoms with E-state index in [1.807, 2.05) is 18.2 Å². The van der Waals surface area contributed by atoms with Crippen molar-refractivity contribution < 1.29 is 0 Å². The minimum absolute atomic E-state index is 0.675. The van der Waals surface area contributed by atoms with E-state index in [-0.39, 0.29) is 0 Å². The lowest BCUT2D eigenvalue weighted by atomic mass is 10.1. The largest absolute Gasteiger partial charge is 0.314 e. The molecule has 0 amide bonds. The Labute approximate surface area is 89.7 Å². The minimum atomic E-state index is 0.675. The van der Waals surface area contributed by atoms with Crippen LogP contribution in [0.15, 0.2) is 24.3 Å². The van der Waals surface area contributed by atoms with Crippen LogP contribution in [0.25, 0.3) is 0 Å². The van der Waals surface area contributed by atoms with Gasteiger partial charge in [0, 0.05) is 24.2 Å². The number of rotatable bonds is 4. The first kappa shape index (κ1) is 9.97. The van der Waals surface area contributed by atoms with E-state index in [9.17, 15) is 0 Å². The lowest BCUT2D eigenvalue weighted by Crippen LogP contribution is -2.55. The minimum Gasteiger partial charge on any atom is -0.314 e. The molecule has 1 saturated heterocycles. The van der Waals surface area contributed by atoms with Gasteiger partial charge in [0.2, 0.25) is 0 Å². The van der Waals surface area contributed by atoms with Crippen LogP contribution < -0.4 is 10.6 Å². The third kappa shape index (κ3) is 2.71. The molecule has 2 rings (SSSR count). The molecule has 1 aromatic rings. The second-order valence-corrected chi connectivity index (χ2v) is 4.13. The zero-order valence-corrected chi connectivity index (χ0v) is 8.85. The van der Waals surface area contributed by atoms with Crippen molar-refractivity contribution in [3.63, 3.8) is 0 Å². The number of hydrogen-bond donors (Lipinski definition) is 2. The highest BCUT2D eigenvalue weighted by Gasteiger charge is 2.14. The smallest absolute Gasteiger partial charge is 0.0408 e. The van der Waals surface area contributed by atoms with Crippen LogP contribution in [0.5, 0.6) is 0 Å². The topological polar surface area (TPSA) is 24.1 Å². The van der Waals surface area contributed by atoms with Crippen molar-refractivity contribution in [1.82, 2.24) is 10.6 Å². The summed E-state index contributed by atoms with van der Waals surface area (Å²) in [6.45, 7) is 3.25. The Kier molecular flexibility index (Phi) is 3.40. The molecule has 0 aromatic heterocycles. The molecule has 0 unspecified atom stereocenters. The lowest BCUT2D eigenvalue weighted by Gasteiger charge is -2.28. The summed E-state index contributed by atoms with van der Waals surface area (Å²) in [4.78, 5) is 0. The molecule has 2 N–H and O–H groups in total. The highest BCUT2D eigenvalue weighted by molar-refractivity contribution is 6.30. The van der Waals surface area contributed by atoms with Crippen molar-refractivity contribution in [3.8, 4) is 0 Å². The van der Waals surface area contributed by atoms with Gasteiger partial charge in [0.15, 0.2) is 0 Å². The quantitative estimate of drug-likeness (QED) is 0.786. The Morgan fingerprint density at radius 3 is 2.93 bits per heavy atom. The summed E-state index contributed by atoms with van der Waals surface area (Å²) in [5.74, 6) is 0. The fourth-order valence-corrected chi connectivity index (χ4v) is 1.76. The van der Waals surface area contributed by atoms with Gasteiger partial charge >= 0.3 is 0 Å². The first-order valence-electron chi connectivity index (χ1n) is 5.03. The van der Waals surface area contributed by atoms with Crippen LogP contribution in [0.1, 0.15) is 5.56 Å². The van der Waals surface area contributed by atoms with E-state index in [0.29, 0.717) is 6.04 Å². The van der Waals surface area contributed by atoms with E-state index in [1.165, 1.54) is 5.56 Å². The molecule has 1 aliphatic heterocycles. The summed E-state index contributed by atoms with van der Waals surface area (Å²) in [7, 11) is 0. The first-order chi connectivity index (χ1) is 6.84. The monoisotopic (exact) mass is 210 g/mol. The van der Waals surface area contributed by atoms with Gasteiger partial charge in [-0.05, 0) is 30.7 Å². The van der Waals surface area contributed by atoms with E-state index >= 15 is 0 Å². The molecule has 1 heterocycles. The van der Waals surface area contributed by atoms with Crippen LogP contribution in [-0.4, -0.2) is 25.7 Å². The Balaban J connectivity index is 1.74. The average molecular weight is 211 g/mol. The maximum Gasteiger partial charge on any atom is 0.0408 e. The van der Waals surface area contributed by atoms with Crippen LogP contribution in [-0.2, 0) is 6.42 Å². The molecule has 3 heteroatoms. The third-order valence-corrected chi connectivity index (χ3v) is 2.75. The maximum atomic E-state index is 5.89. The normalized spacial score (nSPS) is 16.6. The second kappa shape index (κ2) is 4.78. The molecular formula is C11H15ClN2. The lowest BCUT2D eigenvalue weighted by molar-refractivity contribution is 0.369. The van der Waals surface area contributed by atoms with Crippen LogP contribution in [0.2, 0.25) is 5.02 Å². The van der Waals surface area contributed by atoms with Crippen molar-refractivity contribution in [2.24, 2.45) is 0 Å². The molecule has 0 radical (unpaired) electrons. The van der Waals surface area contributed by atoms with Gasteiger partial charge in [-0.2, -0.15) is 0 Å². The Bertz CT molecular complexity index is 297. The standard InChI is InChI=1S/C11H15ClN2/c12-10-3-1-2-9(6-10)4-5-14-11-7-13-8-11/h1-3,6,11,13-14H,4-5,7-8H2. The van der Waals surface area contributed by atoms with Gasteiger partial charge in [0.1, 0.15) is 0 Å². The van der Waals surface area contributed by atoms with Crippen LogP contribution >= 0.6 is 11.6 Å². The van der Waals surface area contributed by atoms with E-state index < -0.39 is 0 Å². The fraction of sp³-hybridized carbons (Fsp3) is 0.455. The summed E-state index contributed by atoms with van der Waals surface area (Å²) in [5, 5.41) is 7.54. The second-order valence-electron chi connectivity index (χ2n) is 3.69. The van der Waals surface area contributed by atoms with Gasteiger partial charge in [-0.3, -0.25) is 0 Å². The van der Waals surface area contributed by atoms with Crippen molar-refractivity contribution in [2.75, 3.05) is 19.6 Å². The van der Waals surface area contributed by atoms with Gasteiger partial charge in [-0.15, -0.1) is 0 Å². The zero-order chi connectivity index (χ0) is 9.80. The maximum absolute atomic E-state index is 5.89. The fourth-order valence-electron chi connectivity index (χ4n) is 1.55. The van der Waals surface area contributed by atoms with E-state index in [1.54, 1.807) is 0 Å². The molecule has 1 aliphatic rings. The number of benzene rings is 1. The van der Waals surface area contributed by atoms with Gasteiger partial charge in [-0.1, -0.05) is 23.7 Å². The van der Waals surface area contributed by atoms with Gasteiger partial charge < -0.3 is 10.6 Å². The Morgan fingerprint density at radius 2 is 2.29 bits per heavy atom. The highest BCUT2D eigenvalue weighted by atomic mass is 35.5. The summed E-state index contributed by atoms with van der Waals surface area (Å²) >= 11 is 5.89. The number of halogens is 1. The predicted molar refractivity (Wildman–Crippen MR) is 59.8 cm³/mol. The molecule has 1 aromatic carbocycles. The van der Waals surface area contributed by atoms with Crippen molar-refractivity contribution >= 4 is 11.6 Å². The summed E-state index contributed by atoms with van der Waals surface area (Å²) < 4.78 is 0. The molecule has 2 nitrogen and oxygen atoms in total. The first-order valence-corrected chi connectivity index (χ1v) is 5.41. The third-order valence-electron chi connectivity index (χ3n) is 2.52. The van der Waals surface area contributed by atoms with Crippen LogP contribution in [0.3, 0.4) is 0 Å². The van der Waals surface area contributed by atoms with E-state index in [2.05, 4.69) is 16.7 Å². The summed E-state index contributed by atoms with van der Waals surface area (Å²) in [6.07, 6.45) is 1.05. The van der Waals surface area contributed by atoms with Gasteiger partial charge in [0.05, 0.1) is 0 Å². The molecule has 76 valence electrons. The van der Waals surface area contributed by atoms with Crippen LogP contribution in [0, 0.1) is 0 Å². The molecule has 0 atom stereocenters. The Hall–Kier alpha value is -0.570.